The first kappa shape index (κ1) is 39.8. The molecule has 2 aliphatic carbocycles. The highest BCUT2D eigenvalue weighted by Crippen LogP contribution is 2.63. The van der Waals surface area contributed by atoms with Crippen LogP contribution in [0, 0.1) is 0 Å². The van der Waals surface area contributed by atoms with E-state index >= 15 is 0 Å². The lowest BCUT2D eigenvalue weighted by atomic mass is 9.66. The summed E-state index contributed by atoms with van der Waals surface area (Å²) in [7, 11) is -0.819. The van der Waals surface area contributed by atoms with Gasteiger partial charge in [-0.3, -0.25) is 0 Å². The van der Waals surface area contributed by atoms with Crippen molar-refractivity contribution >= 4 is 45.4 Å². The van der Waals surface area contributed by atoms with Crippen LogP contribution in [-0.2, 0) is 21.7 Å². The molecule has 11 rings (SSSR count). The van der Waals surface area contributed by atoms with Crippen molar-refractivity contribution in [2.45, 2.75) is 77.0 Å². The summed E-state index contributed by atoms with van der Waals surface area (Å²) in [6.07, 6.45) is 0. The van der Waals surface area contributed by atoms with Crippen LogP contribution in [0.4, 0.5) is 0 Å². The summed E-state index contributed by atoms with van der Waals surface area (Å²) in [6, 6.07) is 72.6. The molecule has 0 unspecified atom stereocenters. The van der Waals surface area contributed by atoms with Crippen molar-refractivity contribution in [3.8, 4) is 22.3 Å². The van der Waals surface area contributed by atoms with Gasteiger partial charge < -0.3 is 0 Å². The minimum absolute atomic E-state index is 0.0950. The first-order valence-corrected chi connectivity index (χ1v) is 24.0. The lowest BCUT2D eigenvalue weighted by Crippen LogP contribution is -2.29. The van der Waals surface area contributed by atoms with Gasteiger partial charge in [0, 0.05) is 5.41 Å². The molecule has 63 heavy (non-hydrogen) atoms. The van der Waals surface area contributed by atoms with Crippen molar-refractivity contribution in [2.75, 3.05) is 0 Å². The summed E-state index contributed by atoms with van der Waals surface area (Å²) in [5.41, 5.74) is 15.7. The topological polar surface area (TPSA) is 0 Å². The van der Waals surface area contributed by atoms with Crippen LogP contribution in [0.25, 0.3) is 43.8 Å². The molecule has 308 valence electrons. The molecule has 0 spiro atoms. The Balaban J connectivity index is 1.17. The molecule has 9 aromatic rings. The molecule has 0 saturated carbocycles. The first-order chi connectivity index (χ1) is 30.3. The molecule has 0 aliphatic heterocycles. The van der Waals surface area contributed by atoms with E-state index in [0.29, 0.717) is 0 Å². The van der Waals surface area contributed by atoms with Gasteiger partial charge in [0.1, 0.15) is 0 Å². The van der Waals surface area contributed by atoms with Crippen molar-refractivity contribution in [3.63, 3.8) is 0 Å². The van der Waals surface area contributed by atoms with Gasteiger partial charge in [0.15, 0.2) is 0 Å². The zero-order valence-corrected chi connectivity index (χ0v) is 38.7. The highest BCUT2D eigenvalue weighted by molar-refractivity contribution is 7.79. The number of rotatable bonds is 5. The first-order valence-electron chi connectivity index (χ1n) is 22.7. The van der Waals surface area contributed by atoms with Crippen LogP contribution in [0.3, 0.4) is 0 Å². The third kappa shape index (κ3) is 5.98. The molecule has 2 aliphatic rings. The van der Waals surface area contributed by atoms with Crippen LogP contribution in [0.1, 0.15) is 99.9 Å². The molecular formula is C62H55P. The van der Waals surface area contributed by atoms with Crippen molar-refractivity contribution in [3.05, 3.63) is 233 Å². The summed E-state index contributed by atoms with van der Waals surface area (Å²) in [5.74, 6) is 0. The van der Waals surface area contributed by atoms with Crippen molar-refractivity contribution in [1.29, 1.82) is 0 Å². The van der Waals surface area contributed by atoms with E-state index in [1.54, 1.807) is 0 Å². The van der Waals surface area contributed by atoms with E-state index in [1.807, 2.05) is 0 Å². The van der Waals surface area contributed by atoms with E-state index in [-0.39, 0.29) is 16.2 Å². The van der Waals surface area contributed by atoms with Gasteiger partial charge in [0.25, 0.3) is 0 Å². The van der Waals surface area contributed by atoms with Crippen LogP contribution in [0.15, 0.2) is 188 Å². The summed E-state index contributed by atoms with van der Waals surface area (Å²) in [6.45, 7) is 18.7. The minimum Gasteiger partial charge on any atom is -0.0622 e. The lowest BCUT2D eigenvalue weighted by Gasteiger charge is -2.35. The average molecular weight is 831 g/mol. The molecular weight excluding hydrogens is 776 g/mol. The largest absolute Gasteiger partial charge is 0.0720 e. The van der Waals surface area contributed by atoms with Crippen LogP contribution in [-0.4, -0.2) is 0 Å². The minimum atomic E-state index is -0.819. The monoisotopic (exact) mass is 830 g/mol. The highest BCUT2D eigenvalue weighted by Gasteiger charge is 2.50. The Morgan fingerprint density at radius 1 is 0.365 bits per heavy atom. The summed E-state index contributed by atoms with van der Waals surface area (Å²) in [5, 5.41) is 9.42. The standard InChI is InChI=1S/C62H55P/c1-59(2,3)40-27-31-44(32-28-40)63(45-33-29-41(30-34-45)60(4,5)6)46-35-36-49-52-38-56-53(39-55(52)61(7,8)54(49)37-46)57-50-25-17-15-23-47(50)48-24-16-18-26-51(48)58(57)62(56,42-19-11-9-12-20-42)43-21-13-10-14-22-43/h9-39H,1-8H3. The predicted octanol–water partition coefficient (Wildman–Crippen LogP) is 15.0. The van der Waals surface area contributed by atoms with Crippen molar-refractivity contribution < 1.29 is 0 Å². The SMILES string of the molecule is CC(C)(C)c1ccc(P(c2ccc(C(C)(C)C)cc2)c2ccc3c(c2)C(C)(C)c2cc4c(cc2-3)C(c2ccccc2)(c2ccccc2)c2c-4c3ccccc3c3ccccc23)cc1. The van der Waals surface area contributed by atoms with E-state index in [1.165, 1.54) is 104 Å². The number of hydrogen-bond donors (Lipinski definition) is 0. The van der Waals surface area contributed by atoms with E-state index in [4.69, 9.17) is 0 Å². The van der Waals surface area contributed by atoms with E-state index in [2.05, 4.69) is 243 Å². The zero-order valence-electron chi connectivity index (χ0n) is 37.8. The van der Waals surface area contributed by atoms with Gasteiger partial charge >= 0.3 is 0 Å². The van der Waals surface area contributed by atoms with Gasteiger partial charge in [-0.1, -0.05) is 225 Å². The Bertz CT molecular complexity index is 3130. The van der Waals surface area contributed by atoms with Crippen LogP contribution >= 0.6 is 7.92 Å². The fourth-order valence-corrected chi connectivity index (χ4v) is 13.5. The number of benzene rings is 9. The molecule has 0 heterocycles. The molecule has 0 saturated heterocycles. The smallest absolute Gasteiger partial charge is 0.0622 e. The average Bonchev–Trinajstić information content (AvgIpc) is 3.72. The van der Waals surface area contributed by atoms with E-state index < -0.39 is 13.3 Å². The van der Waals surface area contributed by atoms with Gasteiger partial charge in [-0.05, 0) is 141 Å². The lowest BCUT2D eigenvalue weighted by molar-refractivity contribution is 0.590. The van der Waals surface area contributed by atoms with Crippen LogP contribution in [0.5, 0.6) is 0 Å². The number of hydrogen-bond acceptors (Lipinski definition) is 0. The maximum absolute atomic E-state index is 2.61. The Morgan fingerprint density at radius 2 is 0.794 bits per heavy atom. The third-order valence-corrected chi connectivity index (χ3v) is 16.9. The van der Waals surface area contributed by atoms with Crippen LogP contribution in [0.2, 0.25) is 0 Å². The Kier molecular flexibility index (Phi) is 8.97. The van der Waals surface area contributed by atoms with Crippen molar-refractivity contribution in [2.24, 2.45) is 0 Å². The molecule has 1 heteroatoms. The van der Waals surface area contributed by atoms with Gasteiger partial charge in [0.05, 0.1) is 5.41 Å². The fourth-order valence-electron chi connectivity index (χ4n) is 11.2. The molecule has 0 N–H and O–H groups in total. The molecule has 9 aromatic carbocycles. The third-order valence-electron chi connectivity index (χ3n) is 14.4. The molecule has 0 amide bonds. The van der Waals surface area contributed by atoms with Gasteiger partial charge in [-0.2, -0.15) is 0 Å². The fraction of sp³-hybridized carbons (Fsp3) is 0.194. The zero-order chi connectivity index (χ0) is 43.5. The predicted molar refractivity (Wildman–Crippen MR) is 272 cm³/mol. The summed E-state index contributed by atoms with van der Waals surface area (Å²) >= 11 is 0. The molecule has 0 nitrogen and oxygen atoms in total. The molecule has 0 aromatic heterocycles. The summed E-state index contributed by atoms with van der Waals surface area (Å²) in [4.78, 5) is 0. The van der Waals surface area contributed by atoms with Crippen LogP contribution < -0.4 is 15.9 Å². The Labute approximate surface area is 375 Å². The Hall–Kier alpha value is -6.07. The second kappa shape index (κ2) is 14.2. The van der Waals surface area contributed by atoms with Crippen molar-refractivity contribution in [1.82, 2.24) is 0 Å². The number of fused-ring (bicyclic) bond motifs is 11. The second-order valence-corrected chi connectivity index (χ2v) is 22.8. The normalized spacial score (nSPS) is 14.7. The maximum Gasteiger partial charge on any atom is 0.0720 e. The maximum atomic E-state index is 2.61. The Morgan fingerprint density at radius 3 is 1.32 bits per heavy atom. The van der Waals surface area contributed by atoms with Gasteiger partial charge in [0.2, 0.25) is 0 Å². The van der Waals surface area contributed by atoms with Gasteiger partial charge in [-0.15, -0.1) is 0 Å². The highest BCUT2D eigenvalue weighted by atomic mass is 31.1. The molecule has 0 radical (unpaired) electrons. The molecule has 0 atom stereocenters. The van der Waals surface area contributed by atoms with Gasteiger partial charge in [-0.25, -0.2) is 0 Å². The van der Waals surface area contributed by atoms with E-state index in [9.17, 15) is 0 Å². The summed E-state index contributed by atoms with van der Waals surface area (Å²) < 4.78 is 0. The molecule has 0 bridgehead atoms. The quantitative estimate of drug-likeness (QED) is 0.120. The van der Waals surface area contributed by atoms with E-state index in [0.717, 1.165) is 0 Å². The molecule has 0 fully saturated rings. The second-order valence-electron chi connectivity index (χ2n) is 20.6.